The van der Waals surface area contributed by atoms with Gasteiger partial charge in [-0.15, -0.1) is 0 Å². The van der Waals surface area contributed by atoms with E-state index in [1.807, 2.05) is 20.8 Å². The van der Waals surface area contributed by atoms with Gasteiger partial charge in [0.1, 0.15) is 0 Å². The number of hydrogen-bond acceptors (Lipinski definition) is 4. The van der Waals surface area contributed by atoms with Crippen molar-refractivity contribution in [3.63, 3.8) is 0 Å². The third-order valence-electron chi connectivity index (χ3n) is 3.14. The summed E-state index contributed by atoms with van der Waals surface area (Å²) in [6.45, 7) is 8.15. The molecule has 0 aromatic heterocycles. The molecule has 1 heterocycles. The fourth-order valence-electron chi connectivity index (χ4n) is 2.42. The van der Waals surface area contributed by atoms with Crippen molar-refractivity contribution in [1.29, 1.82) is 0 Å². The Morgan fingerprint density at radius 1 is 1.50 bits per heavy atom. The zero-order chi connectivity index (χ0) is 12.2. The minimum Gasteiger partial charge on any atom is -0.389 e. The topological polar surface area (TPSA) is 52.9 Å². The van der Waals surface area contributed by atoms with Crippen LogP contribution in [0.2, 0.25) is 0 Å². The van der Waals surface area contributed by atoms with E-state index in [1.54, 1.807) is 0 Å². The summed E-state index contributed by atoms with van der Waals surface area (Å²) < 4.78 is 5.19. The van der Waals surface area contributed by atoms with Crippen LogP contribution in [0.1, 0.15) is 33.6 Å². The number of nitrogens with zero attached hydrogens (tertiary/aromatic N) is 1. The highest BCUT2D eigenvalue weighted by Crippen LogP contribution is 2.26. The fraction of sp³-hybridized carbons (Fsp3) is 1.00. The summed E-state index contributed by atoms with van der Waals surface area (Å²) in [6, 6.07) is 0.156. The first-order chi connectivity index (χ1) is 7.45. The Morgan fingerprint density at radius 3 is 2.75 bits per heavy atom. The normalized spacial score (nSPS) is 24.9. The lowest BCUT2D eigenvalue weighted by atomic mass is 9.96. The van der Waals surface area contributed by atoms with E-state index in [9.17, 15) is 10.2 Å². The van der Waals surface area contributed by atoms with Gasteiger partial charge in [-0.05, 0) is 40.2 Å². The van der Waals surface area contributed by atoms with E-state index in [0.29, 0.717) is 19.8 Å². The molecule has 1 saturated heterocycles. The molecule has 0 aromatic rings. The van der Waals surface area contributed by atoms with Gasteiger partial charge in [0.05, 0.1) is 18.3 Å². The number of likely N-dealkylation sites (tertiary alicyclic amines) is 1. The number of aliphatic hydroxyl groups excluding tert-OH is 1. The zero-order valence-corrected chi connectivity index (χ0v) is 10.6. The quantitative estimate of drug-likeness (QED) is 0.703. The number of rotatable bonds is 6. The van der Waals surface area contributed by atoms with Crippen molar-refractivity contribution in [3.05, 3.63) is 0 Å². The molecule has 0 aromatic carbocycles. The molecule has 0 bridgehead atoms. The van der Waals surface area contributed by atoms with Gasteiger partial charge in [0.15, 0.2) is 0 Å². The molecule has 2 atom stereocenters. The molecule has 1 fully saturated rings. The lowest BCUT2D eigenvalue weighted by Gasteiger charge is -2.34. The molecule has 1 rings (SSSR count). The largest absolute Gasteiger partial charge is 0.389 e. The molecule has 4 nitrogen and oxygen atoms in total. The lowest BCUT2D eigenvalue weighted by molar-refractivity contribution is -0.0299. The van der Waals surface area contributed by atoms with Gasteiger partial charge in [-0.25, -0.2) is 0 Å². The molecule has 0 radical (unpaired) electrons. The number of hydrogen-bond donors (Lipinski definition) is 2. The molecule has 0 spiro atoms. The van der Waals surface area contributed by atoms with Crippen molar-refractivity contribution >= 4 is 0 Å². The zero-order valence-electron chi connectivity index (χ0n) is 10.6. The maximum atomic E-state index is 10.0. The summed E-state index contributed by atoms with van der Waals surface area (Å²) in [6.07, 6.45) is 1.64. The van der Waals surface area contributed by atoms with Gasteiger partial charge in [0.2, 0.25) is 0 Å². The van der Waals surface area contributed by atoms with Gasteiger partial charge in [-0.3, -0.25) is 4.90 Å². The Balaban J connectivity index is 2.40. The van der Waals surface area contributed by atoms with E-state index >= 15 is 0 Å². The first-order valence-electron chi connectivity index (χ1n) is 6.17. The second-order valence-corrected chi connectivity index (χ2v) is 5.12. The van der Waals surface area contributed by atoms with Gasteiger partial charge in [-0.1, -0.05) is 0 Å². The molecule has 0 saturated carbocycles. The number of β-amino-alcohol motifs (C(OH)–C–C–N with tert-alkyl or cyclic N) is 1. The highest BCUT2D eigenvalue weighted by atomic mass is 16.5. The molecule has 96 valence electrons. The molecular weight excluding hydrogens is 206 g/mol. The monoisotopic (exact) mass is 231 g/mol. The molecule has 1 aliphatic heterocycles. The second-order valence-electron chi connectivity index (χ2n) is 5.12. The Hall–Kier alpha value is -0.160. The standard InChI is InChI=1S/C12H25NO3/c1-4-16-9-10(14)8-13-7-5-6-11(13)12(2,3)15/h10-11,14-15H,4-9H2,1-3H3/t10-,11-/m1/s1. The summed E-state index contributed by atoms with van der Waals surface area (Å²) in [7, 11) is 0. The molecule has 4 heteroatoms. The third-order valence-corrected chi connectivity index (χ3v) is 3.14. The van der Waals surface area contributed by atoms with Crippen LogP contribution in [0.5, 0.6) is 0 Å². The van der Waals surface area contributed by atoms with Gasteiger partial charge in [0.25, 0.3) is 0 Å². The van der Waals surface area contributed by atoms with Crippen LogP contribution >= 0.6 is 0 Å². The Bertz CT molecular complexity index is 203. The van der Waals surface area contributed by atoms with Crippen molar-refractivity contribution in [2.75, 3.05) is 26.3 Å². The predicted molar refractivity (Wildman–Crippen MR) is 63.4 cm³/mol. The molecule has 16 heavy (non-hydrogen) atoms. The summed E-state index contributed by atoms with van der Waals surface area (Å²) >= 11 is 0. The predicted octanol–water partition coefficient (Wildman–Crippen LogP) is 0.619. The lowest BCUT2D eigenvalue weighted by Crippen LogP contribution is -2.48. The minimum absolute atomic E-state index is 0.156. The summed E-state index contributed by atoms with van der Waals surface area (Å²) in [5.74, 6) is 0. The highest BCUT2D eigenvalue weighted by molar-refractivity contribution is 4.91. The number of ether oxygens (including phenoxy) is 1. The van der Waals surface area contributed by atoms with Crippen LogP contribution in [0, 0.1) is 0 Å². The van der Waals surface area contributed by atoms with E-state index in [1.165, 1.54) is 0 Å². The Kier molecular flexibility index (Phi) is 5.18. The Labute approximate surface area is 98.2 Å². The summed E-state index contributed by atoms with van der Waals surface area (Å²) in [4.78, 5) is 2.17. The van der Waals surface area contributed by atoms with E-state index in [2.05, 4.69) is 4.90 Å². The molecule has 2 N–H and O–H groups in total. The highest BCUT2D eigenvalue weighted by Gasteiger charge is 2.36. The average molecular weight is 231 g/mol. The van der Waals surface area contributed by atoms with E-state index in [0.717, 1.165) is 19.4 Å². The third kappa shape index (κ3) is 4.01. The van der Waals surface area contributed by atoms with Crippen LogP contribution in [-0.2, 0) is 4.74 Å². The summed E-state index contributed by atoms with van der Waals surface area (Å²) in [5.41, 5.74) is -0.693. The molecule has 1 aliphatic rings. The van der Waals surface area contributed by atoms with Crippen LogP contribution in [0.4, 0.5) is 0 Å². The van der Waals surface area contributed by atoms with Crippen molar-refractivity contribution in [1.82, 2.24) is 4.90 Å². The first-order valence-corrected chi connectivity index (χ1v) is 6.17. The van der Waals surface area contributed by atoms with Gasteiger partial charge >= 0.3 is 0 Å². The SMILES string of the molecule is CCOC[C@H](O)CN1CCC[C@@H]1C(C)(C)O. The molecule has 0 unspecified atom stereocenters. The number of aliphatic hydroxyl groups is 2. The van der Waals surface area contributed by atoms with Crippen molar-refractivity contribution in [2.24, 2.45) is 0 Å². The first kappa shape index (κ1) is 13.9. The molecule has 0 amide bonds. The second kappa shape index (κ2) is 5.96. The van der Waals surface area contributed by atoms with Crippen LogP contribution in [0.25, 0.3) is 0 Å². The summed E-state index contributed by atoms with van der Waals surface area (Å²) in [5, 5.41) is 19.8. The van der Waals surface area contributed by atoms with Gasteiger partial charge in [-0.2, -0.15) is 0 Å². The van der Waals surface area contributed by atoms with Crippen LogP contribution in [-0.4, -0.2) is 59.2 Å². The van der Waals surface area contributed by atoms with Crippen molar-refractivity contribution < 1.29 is 14.9 Å². The van der Waals surface area contributed by atoms with Crippen LogP contribution in [0.3, 0.4) is 0 Å². The minimum atomic E-state index is -0.693. The van der Waals surface area contributed by atoms with E-state index < -0.39 is 11.7 Å². The smallest absolute Gasteiger partial charge is 0.0900 e. The van der Waals surface area contributed by atoms with Crippen molar-refractivity contribution in [3.8, 4) is 0 Å². The van der Waals surface area contributed by atoms with Gasteiger partial charge < -0.3 is 14.9 Å². The molecular formula is C12H25NO3. The average Bonchev–Trinajstić information content (AvgIpc) is 2.62. The van der Waals surface area contributed by atoms with E-state index in [4.69, 9.17) is 4.74 Å². The van der Waals surface area contributed by atoms with Crippen LogP contribution < -0.4 is 0 Å². The fourth-order valence-corrected chi connectivity index (χ4v) is 2.42. The Morgan fingerprint density at radius 2 is 2.19 bits per heavy atom. The van der Waals surface area contributed by atoms with Crippen molar-refractivity contribution in [2.45, 2.75) is 51.4 Å². The van der Waals surface area contributed by atoms with Gasteiger partial charge in [0, 0.05) is 19.2 Å². The van der Waals surface area contributed by atoms with E-state index in [-0.39, 0.29) is 6.04 Å². The van der Waals surface area contributed by atoms with Crippen LogP contribution in [0.15, 0.2) is 0 Å². The maximum Gasteiger partial charge on any atom is 0.0900 e. The maximum absolute atomic E-state index is 10.0. The molecule has 0 aliphatic carbocycles.